The summed E-state index contributed by atoms with van der Waals surface area (Å²) in [7, 11) is 0. The molecule has 1 aliphatic heterocycles. The first-order valence-electron chi connectivity index (χ1n) is 6.96. The number of ether oxygens (including phenoxy) is 2. The quantitative estimate of drug-likeness (QED) is 0.892. The molecule has 20 heavy (non-hydrogen) atoms. The summed E-state index contributed by atoms with van der Waals surface area (Å²) >= 11 is 0. The van der Waals surface area contributed by atoms with Crippen LogP contribution in [0.2, 0.25) is 0 Å². The number of morpholine rings is 1. The largest absolute Gasteiger partial charge is 0.491 e. The van der Waals surface area contributed by atoms with Crippen LogP contribution in [0.1, 0.15) is 13.8 Å². The first-order chi connectivity index (χ1) is 9.54. The molecule has 1 aromatic rings. The van der Waals surface area contributed by atoms with Crippen molar-refractivity contribution in [3.8, 4) is 5.75 Å². The summed E-state index contributed by atoms with van der Waals surface area (Å²) in [4.78, 5) is 2.20. The summed E-state index contributed by atoms with van der Waals surface area (Å²) < 4.78 is 23.8. The second-order valence-electron chi connectivity index (χ2n) is 5.37. The van der Waals surface area contributed by atoms with Gasteiger partial charge in [0.05, 0.1) is 12.7 Å². The molecule has 1 fully saturated rings. The lowest BCUT2D eigenvalue weighted by atomic mass is 10.2. The first kappa shape index (κ1) is 15.2. The molecule has 1 aromatic carbocycles. The van der Waals surface area contributed by atoms with Crippen molar-refractivity contribution in [2.75, 3.05) is 26.3 Å². The van der Waals surface area contributed by atoms with Crippen molar-refractivity contribution >= 4 is 0 Å². The lowest BCUT2D eigenvalue weighted by Crippen LogP contribution is -2.50. The Bertz CT molecular complexity index is 412. The molecule has 1 aliphatic rings. The van der Waals surface area contributed by atoms with Crippen molar-refractivity contribution in [3.05, 3.63) is 30.1 Å². The maximum Gasteiger partial charge on any atom is 0.123 e. The van der Waals surface area contributed by atoms with E-state index in [4.69, 9.17) is 9.47 Å². The zero-order chi connectivity index (χ0) is 14.5. The van der Waals surface area contributed by atoms with E-state index in [0.717, 1.165) is 6.54 Å². The van der Waals surface area contributed by atoms with Crippen molar-refractivity contribution in [3.63, 3.8) is 0 Å². The molecule has 2 rings (SSSR count). The minimum Gasteiger partial charge on any atom is -0.491 e. The highest BCUT2D eigenvalue weighted by Crippen LogP contribution is 2.14. The van der Waals surface area contributed by atoms with Crippen LogP contribution in [0.25, 0.3) is 0 Å². The minimum atomic E-state index is -0.576. The van der Waals surface area contributed by atoms with Crippen LogP contribution in [-0.4, -0.2) is 54.6 Å². The third kappa shape index (κ3) is 4.44. The fourth-order valence-corrected chi connectivity index (χ4v) is 2.27. The van der Waals surface area contributed by atoms with Crippen molar-refractivity contribution in [1.29, 1.82) is 0 Å². The van der Waals surface area contributed by atoms with E-state index in [1.807, 2.05) is 6.92 Å². The van der Waals surface area contributed by atoms with E-state index < -0.39 is 6.10 Å². The van der Waals surface area contributed by atoms with Crippen LogP contribution in [0.3, 0.4) is 0 Å². The van der Waals surface area contributed by atoms with E-state index in [1.54, 1.807) is 12.1 Å². The number of aliphatic hydroxyl groups excluding tert-OH is 1. The highest BCUT2D eigenvalue weighted by Gasteiger charge is 2.25. The molecule has 112 valence electrons. The molecule has 5 heteroatoms. The van der Waals surface area contributed by atoms with Crippen molar-refractivity contribution in [2.24, 2.45) is 0 Å². The molecule has 4 nitrogen and oxygen atoms in total. The molecule has 0 radical (unpaired) electrons. The van der Waals surface area contributed by atoms with Crippen LogP contribution >= 0.6 is 0 Å². The topological polar surface area (TPSA) is 41.9 Å². The van der Waals surface area contributed by atoms with Gasteiger partial charge in [-0.25, -0.2) is 4.39 Å². The standard InChI is InChI=1S/C15H22FNO3/c1-11-9-19-12(2)7-17(11)8-14(18)10-20-15-5-3-13(16)4-6-15/h3-6,11-12,14,18H,7-10H2,1-2H3. The molecule has 3 atom stereocenters. The van der Waals surface area contributed by atoms with Crippen LogP contribution in [-0.2, 0) is 4.74 Å². The number of aliphatic hydroxyl groups is 1. The van der Waals surface area contributed by atoms with Crippen LogP contribution in [0.15, 0.2) is 24.3 Å². The molecule has 0 aliphatic carbocycles. The molecular formula is C15H22FNO3. The van der Waals surface area contributed by atoms with E-state index in [1.165, 1.54) is 12.1 Å². The van der Waals surface area contributed by atoms with Gasteiger partial charge >= 0.3 is 0 Å². The van der Waals surface area contributed by atoms with Gasteiger partial charge < -0.3 is 14.6 Å². The number of rotatable bonds is 5. The first-order valence-corrected chi connectivity index (χ1v) is 6.96. The Kier molecular flexibility index (Phi) is 5.34. The molecule has 0 aromatic heterocycles. The smallest absolute Gasteiger partial charge is 0.123 e. The molecule has 0 bridgehead atoms. The molecular weight excluding hydrogens is 261 g/mol. The van der Waals surface area contributed by atoms with Crippen molar-refractivity contribution < 1.29 is 19.0 Å². The molecule has 0 spiro atoms. The summed E-state index contributed by atoms with van der Waals surface area (Å²) in [6.07, 6.45) is -0.385. The number of benzene rings is 1. The summed E-state index contributed by atoms with van der Waals surface area (Å²) in [5, 5.41) is 10.0. The summed E-state index contributed by atoms with van der Waals surface area (Å²) in [5.74, 6) is 0.267. The second kappa shape index (κ2) is 7.02. The van der Waals surface area contributed by atoms with Gasteiger partial charge in [-0.3, -0.25) is 4.90 Å². The molecule has 0 saturated carbocycles. The third-order valence-corrected chi connectivity index (χ3v) is 3.44. The van der Waals surface area contributed by atoms with Crippen molar-refractivity contribution in [1.82, 2.24) is 4.90 Å². The highest BCUT2D eigenvalue weighted by atomic mass is 19.1. The van der Waals surface area contributed by atoms with Crippen LogP contribution < -0.4 is 4.74 Å². The molecule has 1 N–H and O–H groups in total. The lowest BCUT2D eigenvalue weighted by molar-refractivity contribution is -0.0650. The average Bonchev–Trinajstić information content (AvgIpc) is 2.42. The van der Waals surface area contributed by atoms with E-state index in [0.29, 0.717) is 24.9 Å². The Morgan fingerprint density at radius 3 is 2.80 bits per heavy atom. The SMILES string of the molecule is CC1CN(CC(O)COc2ccc(F)cc2)C(C)CO1. The van der Waals surface area contributed by atoms with Crippen molar-refractivity contribution in [2.45, 2.75) is 32.1 Å². The Labute approximate surface area is 119 Å². The predicted molar refractivity (Wildman–Crippen MR) is 74.4 cm³/mol. The minimum absolute atomic E-state index is 0.191. The number of hydrogen-bond donors (Lipinski definition) is 1. The third-order valence-electron chi connectivity index (χ3n) is 3.44. The van der Waals surface area contributed by atoms with E-state index in [9.17, 15) is 9.50 Å². The summed E-state index contributed by atoms with van der Waals surface area (Å²) in [6.45, 7) is 6.36. The average molecular weight is 283 g/mol. The molecule has 1 heterocycles. The van der Waals surface area contributed by atoms with Crippen LogP contribution in [0, 0.1) is 5.82 Å². The van der Waals surface area contributed by atoms with E-state index >= 15 is 0 Å². The van der Waals surface area contributed by atoms with Gasteiger partial charge in [-0.2, -0.15) is 0 Å². The van der Waals surface area contributed by atoms with Crippen LogP contribution in [0.4, 0.5) is 4.39 Å². The fourth-order valence-electron chi connectivity index (χ4n) is 2.27. The normalized spacial score (nSPS) is 25.4. The highest BCUT2D eigenvalue weighted by molar-refractivity contribution is 5.22. The van der Waals surface area contributed by atoms with Gasteiger partial charge in [-0.05, 0) is 38.1 Å². The van der Waals surface area contributed by atoms with Gasteiger partial charge in [-0.1, -0.05) is 0 Å². The maximum atomic E-state index is 12.8. The second-order valence-corrected chi connectivity index (χ2v) is 5.37. The van der Waals surface area contributed by atoms with Gasteiger partial charge in [-0.15, -0.1) is 0 Å². The maximum absolute atomic E-state index is 12.8. The van der Waals surface area contributed by atoms with E-state index in [2.05, 4.69) is 11.8 Å². The Morgan fingerprint density at radius 1 is 1.40 bits per heavy atom. The van der Waals surface area contributed by atoms with Gasteiger partial charge in [0.25, 0.3) is 0 Å². The zero-order valence-electron chi connectivity index (χ0n) is 12.0. The van der Waals surface area contributed by atoms with Gasteiger partial charge in [0.1, 0.15) is 24.3 Å². The zero-order valence-corrected chi connectivity index (χ0v) is 12.0. The Hall–Kier alpha value is -1.17. The fraction of sp³-hybridized carbons (Fsp3) is 0.600. The lowest BCUT2D eigenvalue weighted by Gasteiger charge is -2.37. The number of nitrogens with zero attached hydrogens (tertiary/aromatic N) is 1. The Morgan fingerprint density at radius 2 is 2.10 bits per heavy atom. The summed E-state index contributed by atoms with van der Waals surface area (Å²) in [6, 6.07) is 6.09. The van der Waals surface area contributed by atoms with Gasteiger partial charge in [0.2, 0.25) is 0 Å². The van der Waals surface area contributed by atoms with Crippen LogP contribution in [0.5, 0.6) is 5.75 Å². The molecule has 0 amide bonds. The van der Waals surface area contributed by atoms with Gasteiger partial charge in [0, 0.05) is 19.1 Å². The molecule has 3 unspecified atom stereocenters. The summed E-state index contributed by atoms with van der Waals surface area (Å²) in [5.41, 5.74) is 0. The number of β-amino-alcohol motifs (C(OH)–C–C–N with tert-alkyl or cyclic N) is 1. The number of hydrogen-bond acceptors (Lipinski definition) is 4. The number of halogens is 1. The van der Waals surface area contributed by atoms with E-state index in [-0.39, 0.29) is 18.5 Å². The predicted octanol–water partition coefficient (Wildman–Crippen LogP) is 1.67. The van der Waals surface area contributed by atoms with Gasteiger partial charge in [0.15, 0.2) is 0 Å². The Balaban J connectivity index is 1.77. The monoisotopic (exact) mass is 283 g/mol. The molecule has 1 saturated heterocycles.